The van der Waals surface area contributed by atoms with E-state index in [9.17, 15) is 13.6 Å². The Morgan fingerprint density at radius 2 is 1.96 bits per heavy atom. The zero-order valence-corrected chi connectivity index (χ0v) is 12.7. The van der Waals surface area contributed by atoms with Crippen LogP contribution in [-0.4, -0.2) is 12.5 Å². The van der Waals surface area contributed by atoms with Gasteiger partial charge in [0.05, 0.1) is 0 Å². The lowest BCUT2D eigenvalue weighted by Crippen LogP contribution is -2.24. The van der Waals surface area contributed by atoms with E-state index in [1.807, 2.05) is 24.3 Å². The van der Waals surface area contributed by atoms with E-state index in [1.165, 1.54) is 6.07 Å². The van der Waals surface area contributed by atoms with Crippen LogP contribution in [0.4, 0.5) is 14.5 Å². The van der Waals surface area contributed by atoms with Gasteiger partial charge in [0.25, 0.3) is 0 Å². The molecule has 23 heavy (non-hydrogen) atoms. The first kappa shape index (κ1) is 15.6. The molecule has 0 atom stereocenters. The van der Waals surface area contributed by atoms with Crippen molar-refractivity contribution in [3.8, 4) is 0 Å². The van der Waals surface area contributed by atoms with Gasteiger partial charge in [0.2, 0.25) is 5.91 Å². The van der Waals surface area contributed by atoms with Crippen molar-refractivity contribution in [3.05, 3.63) is 65.2 Å². The Bertz CT molecular complexity index is 718. The van der Waals surface area contributed by atoms with Crippen LogP contribution in [0.5, 0.6) is 0 Å². The fourth-order valence-electron chi connectivity index (χ4n) is 2.78. The number of halogens is 2. The van der Waals surface area contributed by atoms with Gasteiger partial charge in [-0.25, -0.2) is 8.78 Å². The van der Waals surface area contributed by atoms with Crippen LogP contribution in [0.2, 0.25) is 0 Å². The predicted molar refractivity (Wildman–Crippen MR) is 84.9 cm³/mol. The van der Waals surface area contributed by atoms with Crippen LogP contribution in [0.15, 0.2) is 42.5 Å². The molecule has 1 N–H and O–H groups in total. The zero-order valence-electron chi connectivity index (χ0n) is 12.7. The van der Waals surface area contributed by atoms with Crippen LogP contribution in [-0.2, 0) is 17.9 Å². The smallest absolute Gasteiger partial charge is 0.227 e. The number of nitrogens with zero attached hydrogens (tertiary/aromatic N) is 1. The molecule has 2 aromatic carbocycles. The van der Waals surface area contributed by atoms with Crippen molar-refractivity contribution in [2.45, 2.75) is 25.9 Å². The molecule has 120 valence electrons. The number of hydrogen-bond donors (Lipinski definition) is 1. The Hall–Kier alpha value is -2.27. The number of rotatable bonds is 5. The highest BCUT2D eigenvalue weighted by molar-refractivity contribution is 5.95. The summed E-state index contributed by atoms with van der Waals surface area (Å²) in [4.78, 5) is 13.6. The molecule has 1 amide bonds. The second-order valence-electron chi connectivity index (χ2n) is 5.66. The van der Waals surface area contributed by atoms with Gasteiger partial charge in [0.15, 0.2) is 0 Å². The van der Waals surface area contributed by atoms with Crippen molar-refractivity contribution >= 4 is 11.6 Å². The summed E-state index contributed by atoms with van der Waals surface area (Å²) in [6.07, 6.45) is 1.49. The molecule has 1 saturated heterocycles. The molecule has 3 nitrogen and oxygen atoms in total. The largest absolute Gasteiger partial charge is 0.312 e. The average Bonchev–Trinajstić information content (AvgIpc) is 2.97. The Balaban J connectivity index is 1.62. The molecule has 0 aromatic heterocycles. The summed E-state index contributed by atoms with van der Waals surface area (Å²) in [7, 11) is 0. The van der Waals surface area contributed by atoms with Gasteiger partial charge in [-0.05, 0) is 42.3 Å². The molecule has 1 aliphatic rings. The van der Waals surface area contributed by atoms with Crippen molar-refractivity contribution in [1.82, 2.24) is 5.32 Å². The molecular weight excluding hydrogens is 298 g/mol. The van der Waals surface area contributed by atoms with E-state index in [0.717, 1.165) is 36.3 Å². The first-order chi connectivity index (χ1) is 11.1. The lowest BCUT2D eigenvalue weighted by atomic mass is 10.1. The Morgan fingerprint density at radius 1 is 1.09 bits per heavy atom. The minimum atomic E-state index is -0.447. The number of nitrogens with one attached hydrogen (secondary N) is 1. The maximum atomic E-state index is 13.6. The summed E-state index contributed by atoms with van der Waals surface area (Å²) in [6, 6.07) is 11.2. The number of hydrogen-bond acceptors (Lipinski definition) is 2. The summed E-state index contributed by atoms with van der Waals surface area (Å²) in [6.45, 7) is 1.52. The summed E-state index contributed by atoms with van der Waals surface area (Å²) in [5.41, 5.74) is 2.19. The highest BCUT2D eigenvalue weighted by atomic mass is 19.1. The van der Waals surface area contributed by atoms with E-state index in [4.69, 9.17) is 0 Å². The molecule has 2 aromatic rings. The van der Waals surface area contributed by atoms with Crippen LogP contribution in [0.25, 0.3) is 0 Å². The fourth-order valence-corrected chi connectivity index (χ4v) is 2.78. The summed E-state index contributed by atoms with van der Waals surface area (Å²) < 4.78 is 26.7. The Morgan fingerprint density at radius 3 is 2.74 bits per heavy atom. The van der Waals surface area contributed by atoms with Gasteiger partial charge < -0.3 is 10.2 Å². The second kappa shape index (κ2) is 6.87. The molecule has 0 radical (unpaired) electrons. The lowest BCUT2D eigenvalue weighted by Gasteiger charge is -2.16. The van der Waals surface area contributed by atoms with Crippen LogP contribution < -0.4 is 10.2 Å². The second-order valence-corrected chi connectivity index (χ2v) is 5.66. The molecule has 0 spiro atoms. The third-order valence-electron chi connectivity index (χ3n) is 3.95. The van der Waals surface area contributed by atoms with Gasteiger partial charge in [-0.1, -0.05) is 12.1 Å². The first-order valence-corrected chi connectivity index (χ1v) is 7.67. The molecule has 1 aliphatic heterocycles. The highest BCUT2D eigenvalue weighted by Gasteiger charge is 2.21. The fraction of sp³-hybridized carbons (Fsp3) is 0.278. The number of anilines is 1. The molecule has 0 saturated carbocycles. The summed E-state index contributed by atoms with van der Waals surface area (Å²) >= 11 is 0. The standard InChI is InChI=1S/C18H18F2N2O/c19-15-6-7-17(20)14(10-15)12-21-11-13-3-1-4-16(9-13)22-8-2-5-18(22)23/h1,3-4,6-7,9-10,21H,2,5,8,11-12H2. The highest BCUT2D eigenvalue weighted by Crippen LogP contribution is 2.22. The topological polar surface area (TPSA) is 32.3 Å². The van der Waals surface area contributed by atoms with Crippen molar-refractivity contribution < 1.29 is 13.6 Å². The van der Waals surface area contributed by atoms with E-state index in [0.29, 0.717) is 18.5 Å². The predicted octanol–water partition coefficient (Wildman–Crippen LogP) is 3.38. The van der Waals surface area contributed by atoms with Crippen molar-refractivity contribution in [2.24, 2.45) is 0 Å². The molecule has 5 heteroatoms. The summed E-state index contributed by atoms with van der Waals surface area (Å²) in [5.74, 6) is -0.718. The molecule has 3 rings (SSSR count). The SMILES string of the molecule is O=C1CCCN1c1cccc(CNCc2cc(F)ccc2F)c1. The zero-order chi connectivity index (χ0) is 16.2. The molecule has 1 heterocycles. The van der Waals surface area contributed by atoms with E-state index < -0.39 is 11.6 Å². The van der Waals surface area contributed by atoms with E-state index in [2.05, 4.69) is 5.32 Å². The minimum absolute atomic E-state index is 0.150. The number of carbonyl (C=O) groups excluding carboxylic acids is 1. The van der Waals surface area contributed by atoms with Gasteiger partial charge in [0.1, 0.15) is 11.6 Å². The first-order valence-electron chi connectivity index (χ1n) is 7.67. The molecular formula is C18H18F2N2O. The molecule has 0 bridgehead atoms. The van der Waals surface area contributed by atoms with Crippen molar-refractivity contribution in [3.63, 3.8) is 0 Å². The van der Waals surface area contributed by atoms with Crippen LogP contribution in [0.1, 0.15) is 24.0 Å². The normalized spacial score (nSPS) is 14.5. The lowest BCUT2D eigenvalue weighted by molar-refractivity contribution is -0.117. The summed E-state index contributed by atoms with van der Waals surface area (Å²) in [5, 5.41) is 3.10. The van der Waals surface area contributed by atoms with Crippen LogP contribution in [0, 0.1) is 11.6 Å². The van der Waals surface area contributed by atoms with Crippen molar-refractivity contribution in [1.29, 1.82) is 0 Å². The minimum Gasteiger partial charge on any atom is -0.312 e. The van der Waals surface area contributed by atoms with E-state index in [1.54, 1.807) is 4.90 Å². The third kappa shape index (κ3) is 3.74. The maximum Gasteiger partial charge on any atom is 0.227 e. The number of benzene rings is 2. The monoisotopic (exact) mass is 316 g/mol. The number of amides is 1. The van der Waals surface area contributed by atoms with Crippen molar-refractivity contribution in [2.75, 3.05) is 11.4 Å². The van der Waals surface area contributed by atoms with E-state index >= 15 is 0 Å². The molecule has 1 fully saturated rings. The Kier molecular flexibility index (Phi) is 4.67. The Labute approximate surface area is 133 Å². The van der Waals surface area contributed by atoms with Gasteiger partial charge in [0, 0.05) is 37.3 Å². The van der Waals surface area contributed by atoms with Crippen LogP contribution in [0.3, 0.4) is 0 Å². The van der Waals surface area contributed by atoms with Crippen LogP contribution >= 0.6 is 0 Å². The quantitative estimate of drug-likeness (QED) is 0.917. The van der Waals surface area contributed by atoms with E-state index in [-0.39, 0.29) is 12.5 Å². The molecule has 0 unspecified atom stereocenters. The molecule has 0 aliphatic carbocycles. The maximum absolute atomic E-state index is 13.6. The van der Waals surface area contributed by atoms with Gasteiger partial charge >= 0.3 is 0 Å². The van der Waals surface area contributed by atoms with Gasteiger partial charge in [-0.2, -0.15) is 0 Å². The van der Waals surface area contributed by atoms with Gasteiger partial charge in [-0.15, -0.1) is 0 Å². The van der Waals surface area contributed by atoms with Gasteiger partial charge in [-0.3, -0.25) is 4.79 Å². The number of carbonyl (C=O) groups is 1. The average molecular weight is 316 g/mol. The third-order valence-corrected chi connectivity index (χ3v) is 3.95.